The summed E-state index contributed by atoms with van der Waals surface area (Å²) in [5.41, 5.74) is -1.73. The minimum Gasteiger partial charge on any atom is -0.377 e. The normalized spacial score (nSPS) is 13.1. The molecule has 0 fully saturated rings. The van der Waals surface area contributed by atoms with E-state index < -0.39 is 22.5 Å². The first-order chi connectivity index (χ1) is 9.29. The van der Waals surface area contributed by atoms with Gasteiger partial charge in [0.15, 0.2) is 0 Å². The summed E-state index contributed by atoms with van der Waals surface area (Å²) in [6.45, 7) is 3.80. The molecule has 0 saturated heterocycles. The maximum absolute atomic E-state index is 12.6. The number of pyridine rings is 1. The summed E-state index contributed by atoms with van der Waals surface area (Å²) in [5.74, 6) is 0. The fourth-order valence-electron chi connectivity index (χ4n) is 1.81. The molecule has 1 aromatic heterocycles. The summed E-state index contributed by atoms with van der Waals surface area (Å²) in [5, 5.41) is 13.7. The molecular formula is C12H16F3N3O2. The second kappa shape index (κ2) is 6.53. The number of nitrogens with one attached hydrogen (secondary N) is 1. The lowest BCUT2D eigenvalue weighted by atomic mass is 10.1. The molecule has 112 valence electrons. The standard InChI is InChI=1S/C12H16F3N3O2/c1-3-5-8(4-2)17-9-6-11(12(13,14)15)16-7-10(9)18(19)20/h6-8H,3-5H2,1-2H3,(H,16,17). The fourth-order valence-corrected chi connectivity index (χ4v) is 1.81. The Morgan fingerprint density at radius 3 is 2.55 bits per heavy atom. The molecule has 1 heterocycles. The van der Waals surface area contributed by atoms with Crippen LogP contribution in [0.15, 0.2) is 12.3 Å². The van der Waals surface area contributed by atoms with Gasteiger partial charge in [0.05, 0.1) is 4.92 Å². The zero-order valence-corrected chi connectivity index (χ0v) is 11.2. The lowest BCUT2D eigenvalue weighted by Gasteiger charge is -2.18. The van der Waals surface area contributed by atoms with Gasteiger partial charge in [-0.15, -0.1) is 0 Å². The van der Waals surface area contributed by atoms with Gasteiger partial charge in [0, 0.05) is 6.04 Å². The van der Waals surface area contributed by atoms with Crippen LogP contribution >= 0.6 is 0 Å². The molecular weight excluding hydrogens is 275 g/mol. The summed E-state index contributed by atoms with van der Waals surface area (Å²) in [6.07, 6.45) is -1.77. The molecule has 0 aliphatic carbocycles. The van der Waals surface area contributed by atoms with E-state index in [4.69, 9.17) is 0 Å². The van der Waals surface area contributed by atoms with Gasteiger partial charge in [-0.1, -0.05) is 20.3 Å². The van der Waals surface area contributed by atoms with Crippen molar-refractivity contribution in [1.82, 2.24) is 4.98 Å². The highest BCUT2D eigenvalue weighted by Crippen LogP contribution is 2.33. The molecule has 1 unspecified atom stereocenters. The van der Waals surface area contributed by atoms with Crippen LogP contribution in [0.25, 0.3) is 0 Å². The number of hydrogen-bond acceptors (Lipinski definition) is 4. The van der Waals surface area contributed by atoms with E-state index >= 15 is 0 Å². The predicted molar refractivity (Wildman–Crippen MR) is 68.5 cm³/mol. The first-order valence-corrected chi connectivity index (χ1v) is 6.27. The summed E-state index contributed by atoms with van der Waals surface area (Å²) >= 11 is 0. The third-order valence-electron chi connectivity index (χ3n) is 2.86. The SMILES string of the molecule is CCCC(CC)Nc1cc(C(F)(F)F)ncc1[N+](=O)[O-]. The van der Waals surface area contributed by atoms with Crippen molar-refractivity contribution < 1.29 is 18.1 Å². The maximum Gasteiger partial charge on any atom is 0.433 e. The number of hydrogen-bond donors (Lipinski definition) is 1. The minimum absolute atomic E-state index is 0.109. The number of rotatable bonds is 6. The van der Waals surface area contributed by atoms with Crippen molar-refractivity contribution in [2.75, 3.05) is 5.32 Å². The Kier molecular flexibility index (Phi) is 5.29. The van der Waals surface area contributed by atoms with Crippen molar-refractivity contribution in [3.63, 3.8) is 0 Å². The van der Waals surface area contributed by atoms with E-state index in [2.05, 4.69) is 10.3 Å². The molecule has 0 spiro atoms. The van der Waals surface area contributed by atoms with E-state index in [0.717, 1.165) is 12.8 Å². The molecule has 0 amide bonds. The second-order valence-electron chi connectivity index (χ2n) is 4.38. The molecule has 1 aromatic rings. The van der Waals surface area contributed by atoms with Gasteiger partial charge in [0.2, 0.25) is 0 Å². The molecule has 1 atom stereocenters. The second-order valence-corrected chi connectivity index (χ2v) is 4.38. The fraction of sp³-hybridized carbons (Fsp3) is 0.583. The van der Waals surface area contributed by atoms with Crippen molar-refractivity contribution >= 4 is 11.4 Å². The molecule has 0 saturated carbocycles. The van der Waals surface area contributed by atoms with Gasteiger partial charge in [-0.25, -0.2) is 4.98 Å². The predicted octanol–water partition coefficient (Wildman–Crippen LogP) is 4.00. The summed E-state index contributed by atoms with van der Waals surface area (Å²) < 4.78 is 37.8. The molecule has 0 aromatic carbocycles. The van der Waals surface area contributed by atoms with Gasteiger partial charge in [0.1, 0.15) is 17.6 Å². The summed E-state index contributed by atoms with van der Waals surface area (Å²) in [4.78, 5) is 13.2. The van der Waals surface area contributed by atoms with Crippen molar-refractivity contribution in [3.05, 3.63) is 28.1 Å². The van der Waals surface area contributed by atoms with E-state index in [1.807, 2.05) is 13.8 Å². The highest BCUT2D eigenvalue weighted by atomic mass is 19.4. The van der Waals surface area contributed by atoms with Crippen LogP contribution in [0.5, 0.6) is 0 Å². The lowest BCUT2D eigenvalue weighted by Crippen LogP contribution is -2.20. The van der Waals surface area contributed by atoms with E-state index in [1.165, 1.54) is 0 Å². The number of nitro groups is 1. The lowest BCUT2D eigenvalue weighted by molar-refractivity contribution is -0.384. The van der Waals surface area contributed by atoms with Gasteiger partial charge >= 0.3 is 11.9 Å². The number of anilines is 1. The van der Waals surface area contributed by atoms with Gasteiger partial charge in [-0.05, 0) is 18.9 Å². The minimum atomic E-state index is -4.63. The molecule has 0 aliphatic rings. The number of halogens is 3. The van der Waals surface area contributed by atoms with Crippen molar-refractivity contribution in [2.24, 2.45) is 0 Å². The van der Waals surface area contributed by atoms with Gasteiger partial charge in [-0.3, -0.25) is 10.1 Å². The van der Waals surface area contributed by atoms with Crippen LogP contribution in [0.2, 0.25) is 0 Å². The van der Waals surface area contributed by atoms with Crippen LogP contribution in [0.4, 0.5) is 24.5 Å². The average Bonchev–Trinajstić information content (AvgIpc) is 2.36. The molecule has 0 radical (unpaired) electrons. The molecule has 20 heavy (non-hydrogen) atoms. The Bertz CT molecular complexity index is 478. The Hall–Kier alpha value is -1.86. The van der Waals surface area contributed by atoms with E-state index in [-0.39, 0.29) is 11.7 Å². The van der Waals surface area contributed by atoms with E-state index in [0.29, 0.717) is 18.7 Å². The largest absolute Gasteiger partial charge is 0.433 e. The van der Waals surface area contributed by atoms with Crippen molar-refractivity contribution in [3.8, 4) is 0 Å². The van der Waals surface area contributed by atoms with Crippen LogP contribution in [-0.2, 0) is 6.18 Å². The highest BCUT2D eigenvalue weighted by Gasteiger charge is 2.34. The van der Waals surface area contributed by atoms with Crippen molar-refractivity contribution in [2.45, 2.75) is 45.3 Å². The van der Waals surface area contributed by atoms with Crippen LogP contribution < -0.4 is 5.32 Å². The summed E-state index contributed by atoms with van der Waals surface area (Å²) in [7, 11) is 0. The Balaban J connectivity index is 3.15. The van der Waals surface area contributed by atoms with E-state index in [9.17, 15) is 23.3 Å². The molecule has 8 heteroatoms. The molecule has 1 N–H and O–H groups in total. The molecule has 0 aliphatic heterocycles. The van der Waals surface area contributed by atoms with Gasteiger partial charge in [-0.2, -0.15) is 13.2 Å². The van der Waals surface area contributed by atoms with E-state index in [1.54, 1.807) is 0 Å². The number of aromatic nitrogens is 1. The van der Waals surface area contributed by atoms with Crippen LogP contribution in [-0.4, -0.2) is 15.9 Å². The molecule has 1 rings (SSSR count). The zero-order valence-electron chi connectivity index (χ0n) is 11.2. The van der Waals surface area contributed by atoms with Crippen LogP contribution in [0.3, 0.4) is 0 Å². The first-order valence-electron chi connectivity index (χ1n) is 6.27. The summed E-state index contributed by atoms with van der Waals surface area (Å²) in [6, 6.07) is 0.582. The van der Waals surface area contributed by atoms with Gasteiger partial charge in [0.25, 0.3) is 0 Å². The quantitative estimate of drug-likeness (QED) is 0.635. The maximum atomic E-state index is 12.6. The smallest absolute Gasteiger partial charge is 0.377 e. The average molecular weight is 291 g/mol. The first kappa shape index (κ1) is 16.2. The Morgan fingerprint density at radius 2 is 2.10 bits per heavy atom. The topological polar surface area (TPSA) is 68.1 Å². The highest BCUT2D eigenvalue weighted by molar-refractivity contribution is 5.61. The Morgan fingerprint density at radius 1 is 1.45 bits per heavy atom. The number of alkyl halides is 3. The zero-order chi connectivity index (χ0) is 15.3. The van der Waals surface area contributed by atoms with Crippen molar-refractivity contribution in [1.29, 1.82) is 0 Å². The van der Waals surface area contributed by atoms with Crippen LogP contribution in [0, 0.1) is 10.1 Å². The van der Waals surface area contributed by atoms with Gasteiger partial charge < -0.3 is 5.32 Å². The third-order valence-corrected chi connectivity index (χ3v) is 2.86. The monoisotopic (exact) mass is 291 g/mol. The molecule has 0 bridgehead atoms. The van der Waals surface area contributed by atoms with Crippen LogP contribution in [0.1, 0.15) is 38.8 Å². The third kappa shape index (κ3) is 4.07. The molecule has 5 nitrogen and oxygen atoms in total. The number of nitrogens with zero attached hydrogens (tertiary/aromatic N) is 2. The Labute approximate surface area is 114 Å².